The molecular weight excluding hydrogens is 228 g/mol. The fourth-order valence-corrected chi connectivity index (χ4v) is 3.06. The number of amides is 1. The molecule has 0 saturated carbocycles. The molecule has 0 N–H and O–H groups in total. The Morgan fingerprint density at radius 2 is 1.83 bits per heavy atom. The number of nitrogens with zero attached hydrogens (tertiary/aromatic N) is 4. The van der Waals surface area contributed by atoms with Crippen LogP contribution in [0.4, 0.5) is 4.79 Å². The molecule has 0 atom stereocenters. The third-order valence-electron chi connectivity index (χ3n) is 4.12. The van der Waals surface area contributed by atoms with Crippen molar-refractivity contribution in [1.29, 1.82) is 0 Å². The molecular formula is C13H20N4O. The van der Waals surface area contributed by atoms with Gasteiger partial charge in [-0.05, 0) is 38.8 Å². The molecule has 3 rings (SSSR count). The molecule has 2 fully saturated rings. The van der Waals surface area contributed by atoms with Gasteiger partial charge in [0.05, 0.1) is 0 Å². The summed E-state index contributed by atoms with van der Waals surface area (Å²) in [6.45, 7) is 4.25. The monoisotopic (exact) mass is 248 g/mol. The van der Waals surface area contributed by atoms with Crippen LogP contribution in [-0.2, 0) is 0 Å². The predicted molar refractivity (Wildman–Crippen MR) is 68.4 cm³/mol. The number of likely N-dealkylation sites (tertiary alicyclic amines) is 2. The van der Waals surface area contributed by atoms with Gasteiger partial charge in [-0.1, -0.05) is 0 Å². The zero-order chi connectivity index (χ0) is 12.4. The maximum absolute atomic E-state index is 12.1. The summed E-state index contributed by atoms with van der Waals surface area (Å²) in [6, 6.07) is 0.756. The van der Waals surface area contributed by atoms with Crippen molar-refractivity contribution in [3.05, 3.63) is 18.7 Å². The number of rotatable bonds is 1. The highest BCUT2D eigenvalue weighted by Crippen LogP contribution is 2.21. The van der Waals surface area contributed by atoms with Crippen LogP contribution in [0, 0.1) is 0 Å². The summed E-state index contributed by atoms with van der Waals surface area (Å²) in [5.74, 6) is 0. The molecule has 2 saturated heterocycles. The maximum atomic E-state index is 12.1. The average Bonchev–Trinajstić information content (AvgIpc) is 3.11. The molecule has 1 amide bonds. The lowest BCUT2D eigenvalue weighted by atomic mass is 10.0. The summed E-state index contributed by atoms with van der Waals surface area (Å²) >= 11 is 0. The molecule has 0 radical (unpaired) electrons. The number of piperidine rings is 1. The zero-order valence-electron chi connectivity index (χ0n) is 10.7. The van der Waals surface area contributed by atoms with Gasteiger partial charge in [0, 0.05) is 31.5 Å². The van der Waals surface area contributed by atoms with E-state index in [4.69, 9.17) is 0 Å². The molecule has 0 bridgehead atoms. The second kappa shape index (κ2) is 5.10. The van der Waals surface area contributed by atoms with Crippen LogP contribution < -0.4 is 0 Å². The van der Waals surface area contributed by atoms with Crippen LogP contribution in [0.2, 0.25) is 0 Å². The molecule has 3 heterocycles. The van der Waals surface area contributed by atoms with Crippen LogP contribution in [0.25, 0.3) is 0 Å². The molecule has 0 aromatic carbocycles. The van der Waals surface area contributed by atoms with Crippen LogP contribution in [-0.4, -0.2) is 57.6 Å². The lowest BCUT2D eigenvalue weighted by Gasteiger charge is -2.36. The Hall–Kier alpha value is -1.36. The fraction of sp³-hybridized carbons (Fsp3) is 0.692. The van der Waals surface area contributed by atoms with E-state index < -0.39 is 0 Å². The maximum Gasteiger partial charge on any atom is 0.329 e. The molecule has 1 aromatic rings. The van der Waals surface area contributed by atoms with Crippen LogP contribution in [0.5, 0.6) is 0 Å². The van der Waals surface area contributed by atoms with Gasteiger partial charge < -0.3 is 9.80 Å². The van der Waals surface area contributed by atoms with Crippen LogP contribution in [0.1, 0.15) is 25.7 Å². The highest BCUT2D eigenvalue weighted by molar-refractivity contribution is 5.76. The zero-order valence-corrected chi connectivity index (χ0v) is 10.7. The summed E-state index contributed by atoms with van der Waals surface area (Å²) in [7, 11) is 0. The summed E-state index contributed by atoms with van der Waals surface area (Å²) < 4.78 is 1.57. The van der Waals surface area contributed by atoms with Gasteiger partial charge in [-0.25, -0.2) is 9.78 Å². The van der Waals surface area contributed by atoms with Crippen molar-refractivity contribution >= 4 is 6.03 Å². The van der Waals surface area contributed by atoms with E-state index in [1.165, 1.54) is 25.9 Å². The topological polar surface area (TPSA) is 41.4 Å². The van der Waals surface area contributed by atoms with Gasteiger partial charge in [0.15, 0.2) is 0 Å². The Bertz CT molecular complexity index is 389. The summed E-state index contributed by atoms with van der Waals surface area (Å²) in [5.41, 5.74) is 0. The average molecular weight is 248 g/mol. The number of carbonyl (C=O) groups is 1. The first-order valence-electron chi connectivity index (χ1n) is 6.86. The minimum atomic E-state index is 0.0624. The molecule has 18 heavy (non-hydrogen) atoms. The van der Waals surface area contributed by atoms with Gasteiger partial charge in [0.25, 0.3) is 0 Å². The highest BCUT2D eigenvalue weighted by Gasteiger charge is 2.28. The second-order valence-electron chi connectivity index (χ2n) is 5.21. The molecule has 2 aliphatic rings. The number of aromatic nitrogens is 2. The molecule has 0 spiro atoms. The van der Waals surface area contributed by atoms with E-state index in [0.717, 1.165) is 25.9 Å². The van der Waals surface area contributed by atoms with Gasteiger partial charge in [0.2, 0.25) is 0 Å². The third-order valence-corrected chi connectivity index (χ3v) is 4.12. The largest absolute Gasteiger partial charge is 0.329 e. The van der Waals surface area contributed by atoms with Gasteiger partial charge in [-0.3, -0.25) is 4.57 Å². The smallest absolute Gasteiger partial charge is 0.324 e. The SMILES string of the molecule is O=C(N1CCC(N2CCCC2)CC1)n1ccnc1. The van der Waals surface area contributed by atoms with Gasteiger partial charge >= 0.3 is 6.03 Å². The van der Waals surface area contributed by atoms with E-state index in [9.17, 15) is 4.79 Å². The van der Waals surface area contributed by atoms with E-state index >= 15 is 0 Å². The van der Waals surface area contributed by atoms with Gasteiger partial charge in [0.1, 0.15) is 6.33 Å². The fourth-order valence-electron chi connectivity index (χ4n) is 3.06. The molecule has 5 heteroatoms. The Morgan fingerprint density at radius 3 is 2.44 bits per heavy atom. The number of hydrogen-bond donors (Lipinski definition) is 0. The Labute approximate surface area is 107 Å². The van der Waals surface area contributed by atoms with Gasteiger partial charge in [-0.15, -0.1) is 0 Å². The molecule has 0 unspecified atom stereocenters. The Morgan fingerprint density at radius 1 is 1.11 bits per heavy atom. The molecule has 98 valence electrons. The lowest BCUT2D eigenvalue weighted by molar-refractivity contribution is 0.135. The van der Waals surface area contributed by atoms with Crippen LogP contribution in [0.3, 0.4) is 0 Å². The number of carbonyl (C=O) groups excluding carboxylic acids is 1. The molecule has 2 aliphatic heterocycles. The summed E-state index contributed by atoms with van der Waals surface area (Å²) in [6.07, 6.45) is 9.85. The quantitative estimate of drug-likeness (QED) is 0.754. The van der Waals surface area contributed by atoms with E-state index in [-0.39, 0.29) is 6.03 Å². The van der Waals surface area contributed by atoms with Crippen LogP contribution in [0.15, 0.2) is 18.7 Å². The minimum Gasteiger partial charge on any atom is -0.324 e. The predicted octanol–water partition coefficient (Wildman–Crippen LogP) is 1.41. The first-order valence-corrected chi connectivity index (χ1v) is 6.86. The van der Waals surface area contributed by atoms with Crippen molar-refractivity contribution in [1.82, 2.24) is 19.4 Å². The lowest BCUT2D eigenvalue weighted by Crippen LogP contribution is -2.46. The molecule has 5 nitrogen and oxygen atoms in total. The van der Waals surface area contributed by atoms with Gasteiger partial charge in [-0.2, -0.15) is 0 Å². The van der Waals surface area contributed by atoms with Crippen molar-refractivity contribution in [2.24, 2.45) is 0 Å². The Balaban J connectivity index is 1.55. The number of hydrogen-bond acceptors (Lipinski definition) is 3. The third kappa shape index (κ3) is 2.27. The first kappa shape index (κ1) is 11.7. The summed E-state index contributed by atoms with van der Waals surface area (Å²) in [4.78, 5) is 20.6. The van der Waals surface area contributed by atoms with E-state index in [2.05, 4.69) is 9.88 Å². The van der Waals surface area contributed by atoms with E-state index in [1.54, 1.807) is 23.3 Å². The minimum absolute atomic E-state index is 0.0624. The molecule has 0 aliphatic carbocycles. The number of imidazole rings is 1. The highest BCUT2D eigenvalue weighted by atomic mass is 16.2. The van der Waals surface area contributed by atoms with Crippen molar-refractivity contribution in [2.45, 2.75) is 31.7 Å². The Kier molecular flexibility index (Phi) is 3.32. The standard InChI is InChI=1S/C13H20N4O/c18-13(17-10-5-14-11-17)16-8-3-12(4-9-16)15-6-1-2-7-15/h5,10-12H,1-4,6-9H2. The first-order chi connectivity index (χ1) is 8.84. The second-order valence-corrected chi connectivity index (χ2v) is 5.21. The van der Waals surface area contributed by atoms with Crippen molar-refractivity contribution in [2.75, 3.05) is 26.2 Å². The van der Waals surface area contributed by atoms with Crippen LogP contribution >= 0.6 is 0 Å². The van der Waals surface area contributed by atoms with Crippen molar-refractivity contribution in [3.63, 3.8) is 0 Å². The van der Waals surface area contributed by atoms with Crippen molar-refractivity contribution in [3.8, 4) is 0 Å². The molecule has 1 aromatic heterocycles. The van der Waals surface area contributed by atoms with Crippen molar-refractivity contribution < 1.29 is 4.79 Å². The van der Waals surface area contributed by atoms with E-state index in [1.807, 2.05) is 4.90 Å². The normalized spacial score (nSPS) is 22.6. The van der Waals surface area contributed by atoms with E-state index in [0.29, 0.717) is 6.04 Å². The summed E-state index contributed by atoms with van der Waals surface area (Å²) in [5, 5.41) is 0.